The molecule has 2 aliphatic rings. The molecule has 1 aromatic carbocycles. The highest BCUT2D eigenvalue weighted by Crippen LogP contribution is 2.37. The molecule has 0 aliphatic carbocycles. The summed E-state index contributed by atoms with van der Waals surface area (Å²) in [6, 6.07) is 10.1. The van der Waals surface area contributed by atoms with Gasteiger partial charge in [0.1, 0.15) is 0 Å². The van der Waals surface area contributed by atoms with E-state index in [9.17, 15) is 4.79 Å². The predicted molar refractivity (Wildman–Crippen MR) is 62.1 cm³/mol. The molecular formula is C12H13NOS. The second-order valence-electron chi connectivity index (χ2n) is 4.17. The van der Waals surface area contributed by atoms with Crippen molar-refractivity contribution in [1.29, 1.82) is 0 Å². The van der Waals surface area contributed by atoms with Crippen molar-refractivity contribution in [2.75, 3.05) is 12.3 Å². The van der Waals surface area contributed by atoms with E-state index < -0.39 is 0 Å². The van der Waals surface area contributed by atoms with Gasteiger partial charge in [0.25, 0.3) is 5.91 Å². The van der Waals surface area contributed by atoms with Crippen LogP contribution in [0.2, 0.25) is 0 Å². The van der Waals surface area contributed by atoms with Gasteiger partial charge in [0.2, 0.25) is 0 Å². The number of benzene rings is 1. The molecule has 0 aromatic heterocycles. The summed E-state index contributed by atoms with van der Waals surface area (Å²) in [7, 11) is 0. The van der Waals surface area contributed by atoms with Crippen LogP contribution in [0.5, 0.6) is 0 Å². The maximum absolute atomic E-state index is 12.2. The van der Waals surface area contributed by atoms with E-state index in [0.717, 1.165) is 17.9 Å². The average Bonchev–Trinajstić information content (AvgIpc) is 2.91. The van der Waals surface area contributed by atoms with Gasteiger partial charge in [-0.1, -0.05) is 18.2 Å². The number of amides is 1. The molecule has 15 heavy (non-hydrogen) atoms. The van der Waals surface area contributed by atoms with E-state index in [1.54, 1.807) is 0 Å². The lowest BCUT2D eigenvalue weighted by Crippen LogP contribution is -2.39. The minimum absolute atomic E-state index is 0.211. The Morgan fingerprint density at radius 2 is 2.13 bits per heavy atom. The Hall–Kier alpha value is -0.960. The zero-order valence-corrected chi connectivity index (χ0v) is 9.24. The van der Waals surface area contributed by atoms with Crippen molar-refractivity contribution in [3.8, 4) is 0 Å². The normalized spacial score (nSPS) is 28.4. The molecular weight excluding hydrogens is 206 g/mol. The number of hydrogen-bond donors (Lipinski definition) is 0. The first-order valence-electron chi connectivity index (χ1n) is 5.32. The Bertz CT molecular complexity index is 378. The monoisotopic (exact) mass is 219 g/mol. The van der Waals surface area contributed by atoms with Crippen molar-refractivity contribution in [3.05, 3.63) is 35.9 Å². The van der Waals surface area contributed by atoms with Gasteiger partial charge in [-0.3, -0.25) is 4.79 Å². The summed E-state index contributed by atoms with van der Waals surface area (Å²) in [5.41, 5.74) is 0.829. The molecule has 2 bridgehead atoms. The van der Waals surface area contributed by atoms with Gasteiger partial charge in [0.05, 0.1) is 0 Å². The van der Waals surface area contributed by atoms with Crippen LogP contribution < -0.4 is 0 Å². The topological polar surface area (TPSA) is 20.3 Å². The standard InChI is InChI=1S/C12H13NOS/c14-12(9-4-2-1-3-5-9)13-7-11-6-10(13)8-15-11/h1-5,10-11H,6-8H2. The van der Waals surface area contributed by atoms with Crippen LogP contribution in [-0.2, 0) is 0 Å². The Labute approximate surface area is 93.7 Å². The van der Waals surface area contributed by atoms with Crippen LogP contribution in [-0.4, -0.2) is 34.4 Å². The highest BCUT2D eigenvalue weighted by molar-refractivity contribution is 8.00. The third-order valence-electron chi connectivity index (χ3n) is 3.18. The molecule has 1 aromatic rings. The molecule has 0 spiro atoms. The SMILES string of the molecule is O=C(c1ccccc1)N1CC2CC1CS2. The lowest BCUT2D eigenvalue weighted by Gasteiger charge is -2.26. The van der Waals surface area contributed by atoms with E-state index in [4.69, 9.17) is 0 Å². The zero-order valence-electron chi connectivity index (χ0n) is 8.43. The first-order valence-corrected chi connectivity index (χ1v) is 6.37. The molecule has 2 fully saturated rings. The minimum Gasteiger partial charge on any atom is -0.334 e. The fraction of sp³-hybridized carbons (Fsp3) is 0.417. The van der Waals surface area contributed by atoms with E-state index >= 15 is 0 Å². The molecule has 78 valence electrons. The zero-order chi connectivity index (χ0) is 10.3. The first kappa shape index (κ1) is 9.28. The van der Waals surface area contributed by atoms with Crippen LogP contribution in [0.4, 0.5) is 0 Å². The molecule has 2 atom stereocenters. The largest absolute Gasteiger partial charge is 0.334 e. The van der Waals surface area contributed by atoms with Crippen LogP contribution >= 0.6 is 11.8 Å². The molecule has 3 rings (SSSR count). The average molecular weight is 219 g/mol. The van der Waals surface area contributed by atoms with Crippen LogP contribution in [0, 0.1) is 0 Å². The van der Waals surface area contributed by atoms with Crippen molar-refractivity contribution in [2.45, 2.75) is 17.7 Å². The van der Waals surface area contributed by atoms with Gasteiger partial charge >= 0.3 is 0 Å². The number of thioether (sulfide) groups is 1. The van der Waals surface area contributed by atoms with Gasteiger partial charge in [0, 0.05) is 29.2 Å². The van der Waals surface area contributed by atoms with Crippen molar-refractivity contribution in [1.82, 2.24) is 4.90 Å². The maximum Gasteiger partial charge on any atom is 0.254 e. The molecule has 0 saturated carbocycles. The quantitative estimate of drug-likeness (QED) is 0.720. The highest BCUT2D eigenvalue weighted by atomic mass is 32.2. The number of hydrogen-bond acceptors (Lipinski definition) is 2. The fourth-order valence-electron chi connectivity index (χ4n) is 2.39. The van der Waals surface area contributed by atoms with Gasteiger partial charge in [-0.05, 0) is 18.6 Å². The van der Waals surface area contributed by atoms with Crippen LogP contribution in [0.15, 0.2) is 30.3 Å². The lowest BCUT2D eigenvalue weighted by molar-refractivity contribution is 0.0747. The smallest absolute Gasteiger partial charge is 0.254 e. The molecule has 2 nitrogen and oxygen atoms in total. The number of carbonyl (C=O) groups is 1. The van der Waals surface area contributed by atoms with Crippen molar-refractivity contribution < 1.29 is 4.79 Å². The molecule has 2 saturated heterocycles. The Kier molecular flexibility index (Phi) is 2.20. The van der Waals surface area contributed by atoms with Gasteiger partial charge < -0.3 is 4.90 Å². The van der Waals surface area contributed by atoms with E-state index in [-0.39, 0.29) is 5.91 Å². The van der Waals surface area contributed by atoms with Crippen molar-refractivity contribution in [3.63, 3.8) is 0 Å². The van der Waals surface area contributed by atoms with Crippen LogP contribution in [0.1, 0.15) is 16.8 Å². The Morgan fingerprint density at radius 1 is 1.33 bits per heavy atom. The first-order chi connectivity index (χ1) is 7.34. The van der Waals surface area contributed by atoms with E-state index in [1.165, 1.54) is 6.42 Å². The predicted octanol–water partition coefficient (Wildman–Crippen LogP) is 2.02. The third kappa shape index (κ3) is 1.55. The summed E-state index contributed by atoms with van der Waals surface area (Å²) >= 11 is 2.01. The van der Waals surface area contributed by atoms with E-state index in [0.29, 0.717) is 11.3 Å². The summed E-state index contributed by atoms with van der Waals surface area (Å²) in [5, 5.41) is 0.697. The van der Waals surface area contributed by atoms with Crippen molar-refractivity contribution >= 4 is 17.7 Å². The summed E-state index contributed by atoms with van der Waals surface area (Å²) in [6.45, 7) is 0.947. The molecule has 2 aliphatic heterocycles. The molecule has 2 unspecified atom stereocenters. The summed E-state index contributed by atoms with van der Waals surface area (Å²) < 4.78 is 0. The number of fused-ring (bicyclic) bond motifs is 2. The van der Waals surface area contributed by atoms with Crippen molar-refractivity contribution in [2.24, 2.45) is 0 Å². The second kappa shape index (κ2) is 3.56. The maximum atomic E-state index is 12.2. The summed E-state index contributed by atoms with van der Waals surface area (Å²) in [4.78, 5) is 14.2. The number of carbonyl (C=O) groups excluding carboxylic acids is 1. The van der Waals surface area contributed by atoms with Crippen LogP contribution in [0.3, 0.4) is 0 Å². The lowest BCUT2D eigenvalue weighted by atomic mass is 10.2. The molecule has 0 radical (unpaired) electrons. The van der Waals surface area contributed by atoms with Gasteiger partial charge in [0.15, 0.2) is 0 Å². The third-order valence-corrected chi connectivity index (χ3v) is 4.57. The molecule has 1 amide bonds. The molecule has 3 heteroatoms. The highest BCUT2D eigenvalue weighted by Gasteiger charge is 2.40. The number of nitrogens with zero attached hydrogens (tertiary/aromatic N) is 1. The van der Waals surface area contributed by atoms with E-state index in [1.807, 2.05) is 42.1 Å². The fourth-order valence-corrected chi connectivity index (χ4v) is 3.83. The minimum atomic E-state index is 0.211. The molecule has 2 heterocycles. The molecule has 0 N–H and O–H groups in total. The second-order valence-corrected chi connectivity index (χ2v) is 5.50. The van der Waals surface area contributed by atoms with Gasteiger partial charge in [-0.25, -0.2) is 0 Å². The van der Waals surface area contributed by atoms with E-state index in [2.05, 4.69) is 4.90 Å². The number of likely N-dealkylation sites (tertiary alicyclic amines) is 1. The van der Waals surface area contributed by atoms with Gasteiger partial charge in [-0.15, -0.1) is 0 Å². The Balaban J connectivity index is 1.81. The summed E-state index contributed by atoms with van der Waals surface area (Å²) in [5.74, 6) is 1.34. The summed E-state index contributed by atoms with van der Waals surface area (Å²) in [6.07, 6.45) is 1.20. The Morgan fingerprint density at radius 3 is 2.73 bits per heavy atom. The van der Waals surface area contributed by atoms with Crippen LogP contribution in [0.25, 0.3) is 0 Å². The van der Waals surface area contributed by atoms with Gasteiger partial charge in [-0.2, -0.15) is 11.8 Å². The number of rotatable bonds is 1.